The molecule has 0 aromatic carbocycles. The number of carbonyl (C=O) groups excluding carboxylic acids is 2. The molecule has 106 valence electrons. The molecule has 0 aromatic heterocycles. The Morgan fingerprint density at radius 1 is 1.00 bits per heavy atom. The summed E-state index contributed by atoms with van der Waals surface area (Å²) in [7, 11) is 2.98. The van der Waals surface area contributed by atoms with E-state index in [9.17, 15) is 9.59 Å². The van der Waals surface area contributed by atoms with Crippen molar-refractivity contribution in [3.05, 3.63) is 0 Å². The van der Waals surface area contributed by atoms with E-state index in [0.29, 0.717) is 45.7 Å². The lowest BCUT2D eigenvalue weighted by molar-refractivity contribution is -0.143. The van der Waals surface area contributed by atoms with Crippen molar-refractivity contribution in [1.82, 2.24) is 4.90 Å². The molecule has 0 unspecified atom stereocenters. The fourth-order valence-electron chi connectivity index (χ4n) is 1.39. The van der Waals surface area contributed by atoms with Crippen molar-refractivity contribution in [2.24, 2.45) is 0 Å². The summed E-state index contributed by atoms with van der Waals surface area (Å²) in [6.45, 7) is 4.50. The van der Waals surface area contributed by atoms with Crippen LogP contribution in [0.25, 0.3) is 0 Å². The van der Waals surface area contributed by atoms with Gasteiger partial charge in [0, 0.05) is 26.7 Å². The van der Waals surface area contributed by atoms with Crippen LogP contribution in [0.1, 0.15) is 19.8 Å². The molecule has 0 amide bonds. The van der Waals surface area contributed by atoms with E-state index in [1.54, 1.807) is 14.0 Å². The summed E-state index contributed by atoms with van der Waals surface area (Å²) in [5, 5.41) is 0. The van der Waals surface area contributed by atoms with E-state index in [0.717, 1.165) is 0 Å². The average Bonchev–Trinajstić information content (AvgIpc) is 2.37. The summed E-state index contributed by atoms with van der Waals surface area (Å²) in [4.78, 5) is 24.3. The highest BCUT2D eigenvalue weighted by atomic mass is 16.5. The van der Waals surface area contributed by atoms with Crippen LogP contribution >= 0.6 is 0 Å². The second kappa shape index (κ2) is 11.0. The molecular weight excluding hydrogens is 238 g/mol. The molecule has 0 atom stereocenters. The highest BCUT2D eigenvalue weighted by molar-refractivity contribution is 5.70. The largest absolute Gasteiger partial charge is 0.469 e. The van der Waals surface area contributed by atoms with Crippen LogP contribution in [-0.2, 0) is 23.8 Å². The third-order valence-electron chi connectivity index (χ3n) is 2.41. The smallest absolute Gasteiger partial charge is 0.307 e. The number of esters is 2. The molecule has 0 rings (SSSR count). The first-order valence-corrected chi connectivity index (χ1v) is 6.07. The topological polar surface area (TPSA) is 65.1 Å². The van der Waals surface area contributed by atoms with E-state index in [-0.39, 0.29) is 11.9 Å². The number of hydrogen-bond donors (Lipinski definition) is 0. The Morgan fingerprint density at radius 2 is 1.61 bits per heavy atom. The molecule has 0 fully saturated rings. The van der Waals surface area contributed by atoms with Crippen LogP contribution in [0.2, 0.25) is 0 Å². The lowest BCUT2D eigenvalue weighted by Crippen LogP contribution is -2.32. The fraction of sp³-hybridized carbons (Fsp3) is 0.833. The molecule has 6 nitrogen and oxygen atoms in total. The van der Waals surface area contributed by atoms with Crippen LogP contribution in [0, 0.1) is 0 Å². The zero-order valence-corrected chi connectivity index (χ0v) is 11.4. The van der Waals surface area contributed by atoms with Gasteiger partial charge < -0.3 is 14.2 Å². The third kappa shape index (κ3) is 8.95. The quantitative estimate of drug-likeness (QED) is 0.532. The van der Waals surface area contributed by atoms with Gasteiger partial charge in [-0.25, -0.2) is 0 Å². The van der Waals surface area contributed by atoms with Crippen LogP contribution in [0.5, 0.6) is 0 Å². The van der Waals surface area contributed by atoms with Gasteiger partial charge >= 0.3 is 11.9 Å². The van der Waals surface area contributed by atoms with Crippen molar-refractivity contribution in [2.45, 2.75) is 19.8 Å². The SMILES string of the molecule is CCOC(=O)CCN(CCOC)CCC(=O)OC. The van der Waals surface area contributed by atoms with Crippen LogP contribution < -0.4 is 0 Å². The Morgan fingerprint density at radius 3 is 2.11 bits per heavy atom. The van der Waals surface area contributed by atoms with Gasteiger partial charge in [-0.1, -0.05) is 0 Å². The third-order valence-corrected chi connectivity index (χ3v) is 2.41. The van der Waals surface area contributed by atoms with E-state index in [1.165, 1.54) is 7.11 Å². The van der Waals surface area contributed by atoms with E-state index in [2.05, 4.69) is 4.74 Å². The highest BCUT2D eigenvalue weighted by Crippen LogP contribution is 1.97. The van der Waals surface area contributed by atoms with Crippen molar-refractivity contribution < 1.29 is 23.8 Å². The van der Waals surface area contributed by atoms with Crippen molar-refractivity contribution in [3.8, 4) is 0 Å². The number of methoxy groups -OCH3 is 2. The summed E-state index contributed by atoms with van der Waals surface area (Å²) in [5.41, 5.74) is 0. The first-order valence-electron chi connectivity index (χ1n) is 6.07. The van der Waals surface area contributed by atoms with Crippen LogP contribution in [0.3, 0.4) is 0 Å². The van der Waals surface area contributed by atoms with Crippen LogP contribution in [0.4, 0.5) is 0 Å². The molecule has 0 N–H and O–H groups in total. The van der Waals surface area contributed by atoms with Gasteiger partial charge in [0.1, 0.15) is 0 Å². The van der Waals surface area contributed by atoms with Gasteiger partial charge in [0.2, 0.25) is 0 Å². The molecule has 0 bridgehead atoms. The molecule has 0 aromatic rings. The van der Waals surface area contributed by atoms with Crippen molar-refractivity contribution in [1.29, 1.82) is 0 Å². The lowest BCUT2D eigenvalue weighted by atomic mass is 10.3. The molecule has 0 aliphatic rings. The first kappa shape index (κ1) is 16.9. The number of nitrogens with zero attached hydrogens (tertiary/aromatic N) is 1. The minimum Gasteiger partial charge on any atom is -0.469 e. The summed E-state index contributed by atoms with van der Waals surface area (Å²) < 4.78 is 14.4. The Hall–Kier alpha value is -1.14. The highest BCUT2D eigenvalue weighted by Gasteiger charge is 2.11. The predicted octanol–water partition coefficient (Wildman–Crippen LogP) is 0.451. The minimum atomic E-state index is -0.256. The van der Waals surface area contributed by atoms with Crippen LogP contribution in [0.15, 0.2) is 0 Å². The van der Waals surface area contributed by atoms with E-state index < -0.39 is 0 Å². The van der Waals surface area contributed by atoms with Crippen molar-refractivity contribution in [3.63, 3.8) is 0 Å². The average molecular weight is 261 g/mol. The number of hydrogen-bond acceptors (Lipinski definition) is 6. The van der Waals surface area contributed by atoms with Gasteiger partial charge in [0.05, 0.1) is 33.2 Å². The molecule has 0 aliphatic heterocycles. The van der Waals surface area contributed by atoms with E-state index in [1.807, 2.05) is 4.90 Å². The summed E-state index contributed by atoms with van der Waals surface area (Å²) in [5.74, 6) is -0.480. The standard InChI is InChI=1S/C12H23NO5/c1-4-18-12(15)6-8-13(9-10-16-2)7-5-11(14)17-3/h4-10H2,1-3H3. The summed E-state index contributed by atoms with van der Waals surface area (Å²) in [6, 6.07) is 0. The maximum atomic E-state index is 11.2. The Labute approximate surface area is 108 Å². The Balaban J connectivity index is 3.97. The zero-order valence-electron chi connectivity index (χ0n) is 11.4. The number of rotatable bonds is 10. The van der Waals surface area contributed by atoms with Gasteiger partial charge in [-0.2, -0.15) is 0 Å². The maximum absolute atomic E-state index is 11.2. The molecule has 0 heterocycles. The summed E-state index contributed by atoms with van der Waals surface area (Å²) >= 11 is 0. The first-order chi connectivity index (χ1) is 8.63. The predicted molar refractivity (Wildman–Crippen MR) is 66.2 cm³/mol. The monoisotopic (exact) mass is 261 g/mol. The van der Waals surface area contributed by atoms with Crippen molar-refractivity contribution in [2.75, 3.05) is 47.1 Å². The van der Waals surface area contributed by atoms with Crippen LogP contribution in [-0.4, -0.2) is 63.9 Å². The van der Waals surface area contributed by atoms with Gasteiger partial charge in [-0.15, -0.1) is 0 Å². The lowest BCUT2D eigenvalue weighted by Gasteiger charge is -2.20. The normalized spacial score (nSPS) is 10.4. The second-order valence-corrected chi connectivity index (χ2v) is 3.72. The second-order valence-electron chi connectivity index (χ2n) is 3.72. The fourth-order valence-corrected chi connectivity index (χ4v) is 1.39. The maximum Gasteiger partial charge on any atom is 0.307 e. The molecule has 0 radical (unpaired) electrons. The van der Waals surface area contributed by atoms with Gasteiger partial charge in [0.25, 0.3) is 0 Å². The molecule has 0 aliphatic carbocycles. The molecular formula is C12H23NO5. The Bertz CT molecular complexity index is 245. The number of carbonyl (C=O) groups is 2. The van der Waals surface area contributed by atoms with Gasteiger partial charge in [0.15, 0.2) is 0 Å². The van der Waals surface area contributed by atoms with E-state index >= 15 is 0 Å². The van der Waals surface area contributed by atoms with Gasteiger partial charge in [-0.05, 0) is 6.92 Å². The molecule has 6 heteroatoms. The van der Waals surface area contributed by atoms with E-state index in [4.69, 9.17) is 9.47 Å². The zero-order chi connectivity index (χ0) is 13.8. The molecule has 18 heavy (non-hydrogen) atoms. The Kier molecular flexibility index (Phi) is 10.3. The number of ether oxygens (including phenoxy) is 3. The molecule has 0 saturated carbocycles. The summed E-state index contributed by atoms with van der Waals surface area (Å²) in [6.07, 6.45) is 0.627. The minimum absolute atomic E-state index is 0.224. The molecule has 0 spiro atoms. The van der Waals surface area contributed by atoms with Crippen molar-refractivity contribution >= 4 is 11.9 Å². The molecule has 0 saturated heterocycles. The van der Waals surface area contributed by atoms with Gasteiger partial charge in [-0.3, -0.25) is 14.5 Å².